The molecule has 3 N–H and O–H groups in total. The molecule has 2 fully saturated rings. The van der Waals surface area contributed by atoms with Gasteiger partial charge in [-0.1, -0.05) is 0 Å². The van der Waals surface area contributed by atoms with Crippen LogP contribution in [0.25, 0.3) is 0 Å². The van der Waals surface area contributed by atoms with Gasteiger partial charge in [-0.15, -0.1) is 0 Å². The van der Waals surface area contributed by atoms with Crippen molar-refractivity contribution < 1.29 is 14.6 Å². The SMILES string of the molecule is CCNC(=NCC1(CCO)CCOC1)NCCC1CCCO1. The average molecular weight is 313 g/mol. The van der Waals surface area contributed by atoms with Crippen LogP contribution in [0.5, 0.6) is 0 Å². The minimum absolute atomic E-state index is 0.00562. The smallest absolute Gasteiger partial charge is 0.191 e. The molecule has 0 saturated carbocycles. The van der Waals surface area contributed by atoms with Crippen LogP contribution in [0.1, 0.15) is 39.0 Å². The summed E-state index contributed by atoms with van der Waals surface area (Å²) in [5.74, 6) is 0.852. The second-order valence-electron chi connectivity index (χ2n) is 6.32. The van der Waals surface area contributed by atoms with Gasteiger partial charge in [0.1, 0.15) is 0 Å². The minimum Gasteiger partial charge on any atom is -0.396 e. The fourth-order valence-corrected chi connectivity index (χ4v) is 3.10. The van der Waals surface area contributed by atoms with Crippen LogP contribution in [0, 0.1) is 5.41 Å². The lowest BCUT2D eigenvalue weighted by atomic mass is 9.84. The van der Waals surface area contributed by atoms with Crippen molar-refractivity contribution in [2.24, 2.45) is 10.4 Å². The lowest BCUT2D eigenvalue weighted by Gasteiger charge is -2.25. The second-order valence-corrected chi connectivity index (χ2v) is 6.32. The zero-order valence-electron chi connectivity index (χ0n) is 13.8. The fraction of sp³-hybridized carbons (Fsp3) is 0.938. The highest BCUT2D eigenvalue weighted by atomic mass is 16.5. The third kappa shape index (κ3) is 5.41. The van der Waals surface area contributed by atoms with Gasteiger partial charge < -0.3 is 25.2 Å². The van der Waals surface area contributed by atoms with Crippen molar-refractivity contribution in [1.82, 2.24) is 10.6 Å². The van der Waals surface area contributed by atoms with E-state index in [0.29, 0.717) is 19.3 Å². The molecule has 2 unspecified atom stereocenters. The van der Waals surface area contributed by atoms with E-state index >= 15 is 0 Å². The van der Waals surface area contributed by atoms with E-state index in [-0.39, 0.29) is 12.0 Å². The lowest BCUT2D eigenvalue weighted by Crippen LogP contribution is -2.40. The molecule has 0 aromatic rings. The third-order valence-electron chi connectivity index (χ3n) is 4.53. The number of nitrogens with one attached hydrogen (secondary N) is 2. The minimum atomic E-state index is 0.00562. The quantitative estimate of drug-likeness (QED) is 0.458. The van der Waals surface area contributed by atoms with E-state index in [1.165, 1.54) is 12.8 Å². The molecule has 2 aliphatic rings. The topological polar surface area (TPSA) is 75.1 Å². The van der Waals surface area contributed by atoms with Crippen molar-refractivity contribution in [3.05, 3.63) is 0 Å². The molecule has 128 valence electrons. The Balaban J connectivity index is 1.79. The predicted molar refractivity (Wildman–Crippen MR) is 87.1 cm³/mol. The molecule has 2 heterocycles. The summed E-state index contributed by atoms with van der Waals surface area (Å²) in [6, 6.07) is 0. The molecule has 0 spiro atoms. The summed E-state index contributed by atoms with van der Waals surface area (Å²) in [7, 11) is 0. The highest BCUT2D eigenvalue weighted by Gasteiger charge is 2.34. The van der Waals surface area contributed by atoms with Crippen molar-refractivity contribution in [2.45, 2.75) is 45.1 Å². The van der Waals surface area contributed by atoms with Gasteiger partial charge in [-0.05, 0) is 39.0 Å². The van der Waals surface area contributed by atoms with Gasteiger partial charge in [0.05, 0.1) is 19.3 Å². The van der Waals surface area contributed by atoms with Gasteiger partial charge in [0.2, 0.25) is 0 Å². The number of aliphatic hydroxyl groups is 1. The Hall–Kier alpha value is -0.850. The Labute approximate surface area is 133 Å². The Morgan fingerprint density at radius 3 is 2.91 bits per heavy atom. The van der Waals surface area contributed by atoms with Crippen LogP contribution in [0.3, 0.4) is 0 Å². The van der Waals surface area contributed by atoms with Crippen molar-refractivity contribution >= 4 is 5.96 Å². The van der Waals surface area contributed by atoms with E-state index in [1.54, 1.807) is 0 Å². The van der Waals surface area contributed by atoms with Crippen LogP contribution in [-0.2, 0) is 9.47 Å². The number of aliphatic hydroxyl groups excluding tert-OH is 1. The van der Waals surface area contributed by atoms with Crippen molar-refractivity contribution in [2.75, 3.05) is 46.1 Å². The molecule has 22 heavy (non-hydrogen) atoms. The summed E-state index contributed by atoms with van der Waals surface area (Å²) in [6.45, 7) is 7.06. The van der Waals surface area contributed by atoms with E-state index < -0.39 is 0 Å². The van der Waals surface area contributed by atoms with Crippen LogP contribution in [-0.4, -0.2) is 63.2 Å². The average Bonchev–Trinajstić information content (AvgIpc) is 3.17. The highest BCUT2D eigenvalue weighted by molar-refractivity contribution is 5.79. The van der Waals surface area contributed by atoms with Crippen LogP contribution in [0.2, 0.25) is 0 Å². The van der Waals surface area contributed by atoms with Crippen LogP contribution < -0.4 is 10.6 Å². The number of hydrogen-bond donors (Lipinski definition) is 3. The molecule has 2 aliphatic heterocycles. The first kappa shape index (κ1) is 17.5. The van der Waals surface area contributed by atoms with E-state index in [0.717, 1.165) is 51.5 Å². The standard InChI is InChI=1S/C16H31N3O3/c1-2-17-15(18-8-5-14-4-3-10-22-14)19-12-16(6-9-20)7-11-21-13-16/h14,20H,2-13H2,1H3,(H2,17,18,19). The number of ether oxygens (including phenoxy) is 2. The molecule has 0 bridgehead atoms. The van der Waals surface area contributed by atoms with Crippen LogP contribution >= 0.6 is 0 Å². The van der Waals surface area contributed by atoms with Gasteiger partial charge in [0.15, 0.2) is 5.96 Å². The Morgan fingerprint density at radius 1 is 1.36 bits per heavy atom. The normalized spacial score (nSPS) is 29.0. The molecule has 2 atom stereocenters. The zero-order chi connectivity index (χ0) is 15.7. The van der Waals surface area contributed by atoms with E-state index in [1.807, 2.05) is 0 Å². The van der Waals surface area contributed by atoms with Crippen molar-refractivity contribution in [1.29, 1.82) is 0 Å². The molecule has 6 nitrogen and oxygen atoms in total. The highest BCUT2D eigenvalue weighted by Crippen LogP contribution is 2.32. The molecule has 0 amide bonds. The molecule has 0 radical (unpaired) electrons. The Kier molecular flexibility index (Phi) is 7.42. The van der Waals surface area contributed by atoms with Gasteiger partial charge in [0.25, 0.3) is 0 Å². The molecule has 0 aliphatic carbocycles. The van der Waals surface area contributed by atoms with Gasteiger partial charge in [-0.25, -0.2) is 0 Å². The summed E-state index contributed by atoms with van der Waals surface area (Å²) in [5.41, 5.74) is 0.00562. The van der Waals surface area contributed by atoms with Gasteiger partial charge in [-0.2, -0.15) is 0 Å². The fourth-order valence-electron chi connectivity index (χ4n) is 3.10. The monoisotopic (exact) mass is 313 g/mol. The molecule has 2 rings (SSSR count). The zero-order valence-corrected chi connectivity index (χ0v) is 13.8. The van der Waals surface area contributed by atoms with Crippen LogP contribution in [0.4, 0.5) is 0 Å². The van der Waals surface area contributed by atoms with Crippen molar-refractivity contribution in [3.63, 3.8) is 0 Å². The van der Waals surface area contributed by atoms with Crippen LogP contribution in [0.15, 0.2) is 4.99 Å². The number of guanidine groups is 1. The molecule has 2 saturated heterocycles. The number of nitrogens with zero attached hydrogens (tertiary/aromatic N) is 1. The molecular weight excluding hydrogens is 282 g/mol. The van der Waals surface area contributed by atoms with Gasteiger partial charge >= 0.3 is 0 Å². The predicted octanol–water partition coefficient (Wildman–Crippen LogP) is 0.900. The van der Waals surface area contributed by atoms with Crippen molar-refractivity contribution in [3.8, 4) is 0 Å². The Bertz CT molecular complexity index is 338. The first-order valence-corrected chi connectivity index (χ1v) is 8.60. The number of hydrogen-bond acceptors (Lipinski definition) is 4. The summed E-state index contributed by atoms with van der Waals surface area (Å²) >= 11 is 0. The summed E-state index contributed by atoms with van der Waals surface area (Å²) in [5, 5.41) is 15.9. The summed E-state index contributed by atoms with van der Waals surface area (Å²) in [6.07, 6.45) is 5.52. The molecule has 0 aromatic heterocycles. The first-order chi connectivity index (χ1) is 10.8. The maximum atomic E-state index is 9.27. The maximum absolute atomic E-state index is 9.27. The maximum Gasteiger partial charge on any atom is 0.191 e. The second kappa shape index (κ2) is 9.33. The van der Waals surface area contributed by atoms with E-state index in [9.17, 15) is 5.11 Å². The first-order valence-electron chi connectivity index (χ1n) is 8.60. The number of aliphatic imine (C=N–C) groups is 1. The summed E-state index contributed by atoms with van der Waals surface area (Å²) in [4.78, 5) is 4.71. The third-order valence-corrected chi connectivity index (χ3v) is 4.53. The molecule has 6 heteroatoms. The number of rotatable bonds is 8. The summed E-state index contributed by atoms with van der Waals surface area (Å²) < 4.78 is 11.2. The van der Waals surface area contributed by atoms with Gasteiger partial charge in [-0.3, -0.25) is 4.99 Å². The van der Waals surface area contributed by atoms with E-state index in [2.05, 4.69) is 17.6 Å². The molecule has 0 aromatic carbocycles. The van der Waals surface area contributed by atoms with Gasteiger partial charge in [0, 0.05) is 38.3 Å². The largest absolute Gasteiger partial charge is 0.396 e. The molecular formula is C16H31N3O3. The Morgan fingerprint density at radius 2 is 2.27 bits per heavy atom. The lowest BCUT2D eigenvalue weighted by molar-refractivity contribution is 0.105. The van der Waals surface area contributed by atoms with E-state index in [4.69, 9.17) is 14.5 Å².